The van der Waals surface area contributed by atoms with E-state index in [1.54, 1.807) is 17.0 Å². The van der Waals surface area contributed by atoms with E-state index < -0.39 is 0 Å². The topological polar surface area (TPSA) is 52.7 Å². The van der Waals surface area contributed by atoms with Crippen molar-refractivity contribution < 1.29 is 14.0 Å². The minimum absolute atomic E-state index is 0.0665. The van der Waals surface area contributed by atoms with Crippen LogP contribution in [0.3, 0.4) is 0 Å². The second-order valence-electron chi connectivity index (χ2n) is 7.39. The van der Waals surface area contributed by atoms with Crippen molar-refractivity contribution in [3.8, 4) is 0 Å². The average molecular weight is 359 g/mol. The SMILES string of the molecule is CC(C)=CCN1C(=O)[C@H]2CC[C@@H]1CN(C(=O)NCc1cccc(F)c1)C2. The molecule has 3 amide bonds. The molecule has 0 aromatic heterocycles. The number of hydrogen-bond donors (Lipinski definition) is 1. The first-order chi connectivity index (χ1) is 12.4. The molecule has 2 bridgehead atoms. The third-order valence-electron chi connectivity index (χ3n) is 5.11. The van der Waals surface area contributed by atoms with Crippen molar-refractivity contribution in [2.45, 2.75) is 39.3 Å². The summed E-state index contributed by atoms with van der Waals surface area (Å²) in [5.41, 5.74) is 1.90. The van der Waals surface area contributed by atoms with Crippen molar-refractivity contribution in [1.82, 2.24) is 15.1 Å². The number of halogens is 1. The fraction of sp³-hybridized carbons (Fsp3) is 0.500. The average Bonchev–Trinajstić information content (AvgIpc) is 2.89. The predicted octanol–water partition coefficient (Wildman–Crippen LogP) is 2.92. The number of hydrogen-bond acceptors (Lipinski definition) is 2. The number of benzene rings is 1. The van der Waals surface area contributed by atoms with E-state index in [-0.39, 0.29) is 36.3 Å². The molecule has 3 fully saturated rings. The Morgan fingerprint density at radius 2 is 2.12 bits per heavy atom. The Balaban J connectivity index is 1.63. The number of carbonyl (C=O) groups excluding carboxylic acids is 2. The zero-order chi connectivity index (χ0) is 18.7. The first-order valence-corrected chi connectivity index (χ1v) is 9.15. The van der Waals surface area contributed by atoms with Crippen LogP contribution in [0.2, 0.25) is 0 Å². The van der Waals surface area contributed by atoms with Gasteiger partial charge < -0.3 is 15.1 Å². The molecule has 3 aliphatic heterocycles. The summed E-state index contributed by atoms with van der Waals surface area (Å²) in [7, 11) is 0. The summed E-state index contributed by atoms with van der Waals surface area (Å²) in [5.74, 6) is -0.288. The Labute approximate surface area is 153 Å². The highest BCUT2D eigenvalue weighted by Crippen LogP contribution is 2.29. The minimum atomic E-state index is -0.315. The fourth-order valence-corrected chi connectivity index (χ4v) is 3.66. The van der Waals surface area contributed by atoms with Gasteiger partial charge in [-0.2, -0.15) is 0 Å². The molecule has 3 aliphatic rings. The van der Waals surface area contributed by atoms with Gasteiger partial charge in [-0.3, -0.25) is 4.79 Å². The van der Waals surface area contributed by atoms with Crippen LogP contribution in [0.15, 0.2) is 35.9 Å². The highest BCUT2D eigenvalue weighted by molar-refractivity contribution is 5.83. The molecule has 3 saturated heterocycles. The van der Waals surface area contributed by atoms with Gasteiger partial charge in [0.25, 0.3) is 0 Å². The number of fused-ring (bicyclic) bond motifs is 4. The lowest BCUT2D eigenvalue weighted by atomic mass is 9.94. The number of nitrogens with one attached hydrogen (secondary N) is 1. The number of allylic oxidation sites excluding steroid dienone is 1. The van der Waals surface area contributed by atoms with Crippen molar-refractivity contribution in [1.29, 1.82) is 0 Å². The van der Waals surface area contributed by atoms with Crippen LogP contribution in [0, 0.1) is 11.7 Å². The lowest BCUT2D eigenvalue weighted by Gasteiger charge is -2.35. The van der Waals surface area contributed by atoms with E-state index in [0.717, 1.165) is 18.4 Å². The maximum absolute atomic E-state index is 13.3. The summed E-state index contributed by atoms with van der Waals surface area (Å²) in [6, 6.07) is 6.07. The molecule has 0 saturated carbocycles. The first-order valence-electron chi connectivity index (χ1n) is 9.15. The van der Waals surface area contributed by atoms with Gasteiger partial charge in [0, 0.05) is 32.2 Å². The Morgan fingerprint density at radius 3 is 2.85 bits per heavy atom. The summed E-state index contributed by atoms with van der Waals surface area (Å²) >= 11 is 0. The van der Waals surface area contributed by atoms with Crippen LogP contribution in [0.1, 0.15) is 32.3 Å². The third-order valence-corrected chi connectivity index (χ3v) is 5.11. The molecule has 6 heteroatoms. The van der Waals surface area contributed by atoms with Crippen LogP contribution in [0.5, 0.6) is 0 Å². The summed E-state index contributed by atoms with van der Waals surface area (Å²) in [4.78, 5) is 28.9. The van der Waals surface area contributed by atoms with Gasteiger partial charge in [-0.05, 0) is 44.4 Å². The van der Waals surface area contributed by atoms with Crippen molar-refractivity contribution >= 4 is 11.9 Å². The van der Waals surface area contributed by atoms with Crippen molar-refractivity contribution in [3.05, 3.63) is 47.3 Å². The molecule has 0 radical (unpaired) electrons. The molecular formula is C20H26FN3O2. The van der Waals surface area contributed by atoms with Crippen LogP contribution in [0.25, 0.3) is 0 Å². The Morgan fingerprint density at radius 1 is 1.31 bits per heavy atom. The largest absolute Gasteiger partial charge is 0.334 e. The molecule has 0 spiro atoms. The Kier molecular flexibility index (Phi) is 5.59. The van der Waals surface area contributed by atoms with Crippen molar-refractivity contribution in [2.75, 3.05) is 19.6 Å². The molecule has 26 heavy (non-hydrogen) atoms. The number of nitrogens with zero attached hydrogens (tertiary/aromatic N) is 2. The van der Waals surface area contributed by atoms with Crippen LogP contribution in [-0.2, 0) is 11.3 Å². The quantitative estimate of drug-likeness (QED) is 0.841. The lowest BCUT2D eigenvalue weighted by molar-refractivity contribution is -0.139. The smallest absolute Gasteiger partial charge is 0.317 e. The molecular weight excluding hydrogens is 333 g/mol. The van der Waals surface area contributed by atoms with Gasteiger partial charge in [0.15, 0.2) is 0 Å². The molecule has 0 unspecified atom stereocenters. The molecule has 0 aliphatic carbocycles. The maximum Gasteiger partial charge on any atom is 0.317 e. The van der Waals surface area contributed by atoms with E-state index in [4.69, 9.17) is 0 Å². The van der Waals surface area contributed by atoms with E-state index in [1.807, 2.05) is 18.7 Å². The Bertz CT molecular complexity index is 715. The highest BCUT2D eigenvalue weighted by Gasteiger charge is 2.41. The maximum atomic E-state index is 13.3. The standard InChI is InChI=1S/C20H26FN3O2/c1-14(2)8-9-24-18-7-6-16(19(24)25)12-23(13-18)20(26)22-11-15-4-3-5-17(21)10-15/h3-5,8,10,16,18H,6-7,9,11-13H2,1-2H3,(H,22,26)/t16-,18+/m0/s1. The van der Waals surface area contributed by atoms with Crippen LogP contribution < -0.4 is 5.32 Å². The minimum Gasteiger partial charge on any atom is -0.334 e. The molecule has 4 rings (SSSR count). The predicted molar refractivity (Wildman–Crippen MR) is 97.9 cm³/mol. The second kappa shape index (κ2) is 7.89. The Hall–Kier alpha value is -2.37. The van der Waals surface area contributed by atoms with Gasteiger partial charge in [-0.15, -0.1) is 0 Å². The van der Waals surface area contributed by atoms with E-state index in [0.29, 0.717) is 19.6 Å². The molecule has 140 valence electrons. The summed E-state index contributed by atoms with van der Waals surface area (Å²) in [6.07, 6.45) is 3.83. The summed E-state index contributed by atoms with van der Waals surface area (Å²) in [6.45, 7) is 5.93. The van der Waals surface area contributed by atoms with Crippen molar-refractivity contribution in [2.24, 2.45) is 5.92 Å². The number of urea groups is 1. The first kappa shape index (κ1) is 18.4. The zero-order valence-electron chi connectivity index (χ0n) is 15.4. The van der Waals surface area contributed by atoms with Gasteiger partial charge in [0.1, 0.15) is 5.82 Å². The summed E-state index contributed by atoms with van der Waals surface area (Å²) in [5, 5.41) is 2.85. The molecule has 3 heterocycles. The number of rotatable bonds is 4. The fourth-order valence-electron chi connectivity index (χ4n) is 3.66. The number of piperidine rings is 1. The molecule has 1 aromatic rings. The van der Waals surface area contributed by atoms with Gasteiger partial charge in [-0.1, -0.05) is 23.8 Å². The molecule has 1 aromatic carbocycles. The normalized spacial score (nSPS) is 22.2. The van der Waals surface area contributed by atoms with Crippen LogP contribution >= 0.6 is 0 Å². The van der Waals surface area contributed by atoms with Crippen LogP contribution in [0.4, 0.5) is 9.18 Å². The number of amides is 3. The van der Waals surface area contributed by atoms with Crippen LogP contribution in [-0.4, -0.2) is 47.4 Å². The van der Waals surface area contributed by atoms with Gasteiger partial charge in [0.2, 0.25) is 5.91 Å². The molecule has 1 N–H and O–H groups in total. The van der Waals surface area contributed by atoms with Crippen molar-refractivity contribution in [3.63, 3.8) is 0 Å². The third kappa shape index (κ3) is 4.23. The van der Waals surface area contributed by atoms with E-state index >= 15 is 0 Å². The van der Waals surface area contributed by atoms with Gasteiger partial charge in [-0.25, -0.2) is 9.18 Å². The van der Waals surface area contributed by atoms with E-state index in [2.05, 4.69) is 11.4 Å². The molecule has 2 atom stereocenters. The monoisotopic (exact) mass is 359 g/mol. The van der Waals surface area contributed by atoms with Gasteiger partial charge >= 0.3 is 6.03 Å². The van der Waals surface area contributed by atoms with E-state index in [1.165, 1.54) is 17.7 Å². The van der Waals surface area contributed by atoms with E-state index in [9.17, 15) is 14.0 Å². The zero-order valence-corrected chi connectivity index (χ0v) is 15.4. The molecule has 5 nitrogen and oxygen atoms in total. The second-order valence-corrected chi connectivity index (χ2v) is 7.39. The lowest BCUT2D eigenvalue weighted by Crippen LogP contribution is -2.48. The van der Waals surface area contributed by atoms with Gasteiger partial charge in [0.05, 0.1) is 5.92 Å². The highest BCUT2D eigenvalue weighted by atomic mass is 19.1. The number of carbonyl (C=O) groups is 2. The summed E-state index contributed by atoms with van der Waals surface area (Å²) < 4.78 is 13.3.